The van der Waals surface area contributed by atoms with Crippen LogP contribution in [0.3, 0.4) is 0 Å². The van der Waals surface area contributed by atoms with E-state index in [-0.39, 0.29) is 23.8 Å². The molecule has 0 aliphatic carbocycles. The number of rotatable bonds is 5. The van der Waals surface area contributed by atoms with Crippen LogP contribution in [-0.2, 0) is 24.9 Å². The summed E-state index contributed by atoms with van der Waals surface area (Å²) in [6.07, 6.45) is 1.35. The molecule has 0 aromatic carbocycles. The number of Topliss-reactive ketones (excluding diaryl/α,β-unsaturated/α-hetero) is 1. The van der Waals surface area contributed by atoms with Crippen LogP contribution in [0.5, 0.6) is 0 Å². The summed E-state index contributed by atoms with van der Waals surface area (Å²) in [5.74, 6) is -0.323. The highest BCUT2D eigenvalue weighted by atomic mass is 79.9. The van der Waals surface area contributed by atoms with Gasteiger partial charge in [-0.1, -0.05) is 0 Å². The van der Waals surface area contributed by atoms with Crippen LogP contribution in [-0.4, -0.2) is 31.0 Å². The van der Waals surface area contributed by atoms with Crippen molar-refractivity contribution in [3.63, 3.8) is 0 Å². The van der Waals surface area contributed by atoms with Crippen molar-refractivity contribution in [2.45, 2.75) is 20.0 Å². The average molecular weight is 424 g/mol. The first-order valence-corrected chi connectivity index (χ1v) is 8.91. The van der Waals surface area contributed by atoms with Crippen molar-refractivity contribution in [2.24, 2.45) is 7.05 Å². The average Bonchev–Trinajstić information content (AvgIpc) is 3.13. The summed E-state index contributed by atoms with van der Waals surface area (Å²) in [5, 5.41) is 7.13. The lowest BCUT2D eigenvalue weighted by atomic mass is 10.3. The minimum atomic E-state index is -0.326. The zero-order valence-corrected chi connectivity index (χ0v) is 15.8. The van der Waals surface area contributed by atoms with Gasteiger partial charge < -0.3 is 5.32 Å². The number of hydrogen-bond donors (Lipinski definition) is 1. The summed E-state index contributed by atoms with van der Waals surface area (Å²) in [6.45, 7) is 1.71. The van der Waals surface area contributed by atoms with E-state index in [9.17, 15) is 14.4 Å². The Labute approximate surface area is 154 Å². The first-order chi connectivity index (χ1) is 11.9. The first kappa shape index (κ1) is 17.5. The third-order valence-corrected chi connectivity index (χ3v) is 5.21. The second-order valence-corrected chi connectivity index (χ2v) is 7.31. The lowest BCUT2D eigenvalue weighted by Crippen LogP contribution is -2.24. The maximum atomic E-state index is 12.6. The summed E-state index contributed by atoms with van der Waals surface area (Å²) >= 11 is 4.54. The van der Waals surface area contributed by atoms with Crippen molar-refractivity contribution in [3.05, 3.63) is 43.2 Å². The summed E-state index contributed by atoms with van der Waals surface area (Å²) in [5.41, 5.74) is 0.127. The molecule has 1 N–H and O–H groups in total. The summed E-state index contributed by atoms with van der Waals surface area (Å²) < 4.78 is 3.17. The normalized spacial score (nSPS) is 11.0. The van der Waals surface area contributed by atoms with Crippen molar-refractivity contribution in [1.29, 1.82) is 0 Å². The zero-order chi connectivity index (χ0) is 18.1. The Morgan fingerprint density at radius 2 is 2.12 bits per heavy atom. The number of carbonyl (C=O) groups is 2. The molecule has 25 heavy (non-hydrogen) atoms. The largest absolute Gasteiger partial charge is 0.351 e. The fourth-order valence-electron chi connectivity index (χ4n) is 2.32. The van der Waals surface area contributed by atoms with Gasteiger partial charge in [-0.2, -0.15) is 5.10 Å². The number of nitrogens with one attached hydrogen (secondary N) is 1. The zero-order valence-electron chi connectivity index (χ0n) is 13.4. The molecule has 0 radical (unpaired) electrons. The molecule has 8 nitrogen and oxygen atoms in total. The molecule has 0 fully saturated rings. The molecular formula is C15H14BrN5O3S. The molecule has 130 valence electrons. The van der Waals surface area contributed by atoms with Gasteiger partial charge in [0.2, 0.25) is 5.91 Å². The van der Waals surface area contributed by atoms with E-state index in [0.717, 1.165) is 4.88 Å². The Balaban J connectivity index is 1.83. The van der Waals surface area contributed by atoms with Crippen molar-refractivity contribution >= 4 is 50.0 Å². The maximum absolute atomic E-state index is 12.6. The number of ketones is 1. The topological polar surface area (TPSA) is 98.9 Å². The fraction of sp³-hybridized carbons (Fsp3) is 0.267. The van der Waals surface area contributed by atoms with E-state index in [4.69, 9.17) is 0 Å². The predicted octanol–water partition coefficient (Wildman–Crippen LogP) is 1.47. The van der Waals surface area contributed by atoms with Crippen molar-refractivity contribution in [2.75, 3.05) is 0 Å². The molecule has 0 unspecified atom stereocenters. The molecule has 0 saturated carbocycles. The summed E-state index contributed by atoms with van der Waals surface area (Å²) in [4.78, 5) is 41.5. The highest BCUT2D eigenvalue weighted by molar-refractivity contribution is 9.10. The highest BCUT2D eigenvalue weighted by Crippen LogP contribution is 2.19. The van der Waals surface area contributed by atoms with Gasteiger partial charge in [-0.15, -0.1) is 11.3 Å². The Hall–Kier alpha value is -2.33. The molecule has 3 aromatic heterocycles. The number of nitrogens with zero attached hydrogens (tertiary/aromatic N) is 4. The smallest absolute Gasteiger partial charge is 0.266 e. The molecule has 0 atom stereocenters. The van der Waals surface area contributed by atoms with Crippen LogP contribution < -0.4 is 10.9 Å². The lowest BCUT2D eigenvalue weighted by Gasteiger charge is -2.03. The minimum Gasteiger partial charge on any atom is -0.351 e. The monoisotopic (exact) mass is 423 g/mol. The SMILES string of the molecule is CC(=O)NCc1ccc(C(=O)Cn2cnc3c(c(Br)nn3C)c2=O)s1. The van der Waals surface area contributed by atoms with Gasteiger partial charge in [0.05, 0.1) is 18.0 Å². The van der Waals surface area contributed by atoms with Crippen LogP contribution in [0.4, 0.5) is 0 Å². The summed E-state index contributed by atoms with van der Waals surface area (Å²) in [6, 6.07) is 3.48. The number of amides is 1. The number of aryl methyl sites for hydroxylation is 1. The Morgan fingerprint density at radius 1 is 1.36 bits per heavy atom. The second kappa shape index (κ2) is 6.89. The van der Waals surface area contributed by atoms with Gasteiger partial charge in [0, 0.05) is 18.8 Å². The molecule has 3 rings (SSSR count). The van der Waals surface area contributed by atoms with Gasteiger partial charge >= 0.3 is 0 Å². The van der Waals surface area contributed by atoms with Crippen LogP contribution >= 0.6 is 27.3 Å². The highest BCUT2D eigenvalue weighted by Gasteiger charge is 2.16. The van der Waals surface area contributed by atoms with Gasteiger partial charge in [-0.3, -0.25) is 19.0 Å². The molecule has 3 heterocycles. The van der Waals surface area contributed by atoms with E-state index in [0.29, 0.717) is 27.1 Å². The Bertz CT molecular complexity index is 1040. The molecule has 3 aromatic rings. The molecule has 0 aliphatic rings. The van der Waals surface area contributed by atoms with E-state index in [1.54, 1.807) is 19.2 Å². The number of fused-ring (bicyclic) bond motifs is 1. The lowest BCUT2D eigenvalue weighted by molar-refractivity contribution is -0.119. The Morgan fingerprint density at radius 3 is 2.84 bits per heavy atom. The van der Waals surface area contributed by atoms with Crippen LogP contribution in [0.1, 0.15) is 21.5 Å². The van der Waals surface area contributed by atoms with Crippen LogP contribution in [0.25, 0.3) is 11.0 Å². The molecule has 1 amide bonds. The van der Waals surface area contributed by atoms with E-state index >= 15 is 0 Å². The number of carbonyl (C=O) groups excluding carboxylic acids is 2. The Kier molecular flexibility index (Phi) is 4.82. The quantitative estimate of drug-likeness (QED) is 0.626. The molecule has 0 aliphatic heterocycles. The molecular weight excluding hydrogens is 410 g/mol. The first-order valence-electron chi connectivity index (χ1n) is 7.31. The van der Waals surface area contributed by atoms with Crippen molar-refractivity contribution < 1.29 is 9.59 Å². The van der Waals surface area contributed by atoms with Crippen LogP contribution in [0.2, 0.25) is 0 Å². The van der Waals surface area contributed by atoms with E-state index in [1.807, 2.05) is 0 Å². The molecule has 0 saturated heterocycles. The fourth-order valence-corrected chi connectivity index (χ4v) is 3.78. The van der Waals surface area contributed by atoms with Crippen molar-refractivity contribution in [1.82, 2.24) is 24.6 Å². The second-order valence-electron chi connectivity index (χ2n) is 5.39. The molecule has 0 bridgehead atoms. The number of halogens is 1. The third kappa shape index (κ3) is 3.54. The molecule has 0 spiro atoms. The van der Waals surface area contributed by atoms with E-state index in [2.05, 4.69) is 31.3 Å². The number of thiophene rings is 1. The van der Waals surface area contributed by atoms with Gasteiger partial charge in [0.25, 0.3) is 5.56 Å². The molecule has 10 heteroatoms. The van der Waals surface area contributed by atoms with E-state index < -0.39 is 0 Å². The van der Waals surface area contributed by atoms with Crippen LogP contribution in [0.15, 0.2) is 27.9 Å². The van der Waals surface area contributed by atoms with Gasteiger partial charge in [0.15, 0.2) is 11.4 Å². The van der Waals surface area contributed by atoms with E-state index in [1.165, 1.54) is 33.8 Å². The van der Waals surface area contributed by atoms with Gasteiger partial charge in [0.1, 0.15) is 16.3 Å². The summed E-state index contributed by atoms with van der Waals surface area (Å²) in [7, 11) is 1.69. The minimum absolute atomic E-state index is 0.108. The maximum Gasteiger partial charge on any atom is 0.266 e. The van der Waals surface area contributed by atoms with Crippen molar-refractivity contribution in [3.8, 4) is 0 Å². The predicted molar refractivity (Wildman–Crippen MR) is 96.6 cm³/mol. The van der Waals surface area contributed by atoms with Gasteiger partial charge in [-0.05, 0) is 28.1 Å². The standard InChI is InChI=1S/C15H14BrN5O3S/c1-8(22)17-5-9-3-4-11(25-9)10(23)6-21-7-18-14-12(15(21)24)13(16)19-20(14)2/h3-4,7H,5-6H2,1-2H3,(H,17,22). The number of aromatic nitrogens is 4. The number of hydrogen-bond acceptors (Lipinski definition) is 6. The van der Waals surface area contributed by atoms with Gasteiger partial charge in [-0.25, -0.2) is 9.67 Å². The third-order valence-electron chi connectivity index (χ3n) is 3.53. The van der Waals surface area contributed by atoms with Crippen LogP contribution in [0, 0.1) is 0 Å².